The van der Waals surface area contributed by atoms with Gasteiger partial charge in [-0.2, -0.15) is 0 Å². The van der Waals surface area contributed by atoms with Gasteiger partial charge in [-0.1, -0.05) is 19.9 Å². The minimum Gasteiger partial charge on any atom is -0.366 e. The first-order valence-corrected chi connectivity index (χ1v) is 4.16. The molecular formula is C9H20N2O. The number of primary amides is 1. The van der Waals surface area contributed by atoms with Crippen molar-refractivity contribution >= 4 is 5.91 Å². The van der Waals surface area contributed by atoms with Crippen LogP contribution in [0.2, 0.25) is 0 Å². The molecule has 0 spiro atoms. The van der Waals surface area contributed by atoms with Crippen molar-refractivity contribution in [3.05, 3.63) is 12.2 Å². The van der Waals surface area contributed by atoms with Gasteiger partial charge in [0, 0.05) is 5.57 Å². The highest BCUT2D eigenvalue weighted by molar-refractivity contribution is 5.91. The Morgan fingerprint density at radius 2 is 1.92 bits per heavy atom. The second kappa shape index (κ2) is 10.2. The third-order valence-corrected chi connectivity index (χ3v) is 1.18. The van der Waals surface area contributed by atoms with E-state index in [1.54, 1.807) is 0 Å². The first kappa shape index (κ1) is 13.7. The Bertz CT molecular complexity index is 132. The van der Waals surface area contributed by atoms with Crippen LogP contribution in [0, 0.1) is 0 Å². The molecule has 0 aliphatic heterocycles. The quantitative estimate of drug-likeness (QED) is 0.623. The molecule has 0 aromatic carbocycles. The van der Waals surface area contributed by atoms with E-state index in [0.29, 0.717) is 5.57 Å². The van der Waals surface area contributed by atoms with Crippen LogP contribution in [0.15, 0.2) is 12.2 Å². The van der Waals surface area contributed by atoms with E-state index in [4.69, 9.17) is 5.73 Å². The van der Waals surface area contributed by atoms with Crippen molar-refractivity contribution in [3.63, 3.8) is 0 Å². The normalized spacial score (nSPS) is 8.25. The van der Waals surface area contributed by atoms with Gasteiger partial charge >= 0.3 is 0 Å². The molecule has 72 valence electrons. The minimum absolute atomic E-state index is 0.372. The molecule has 12 heavy (non-hydrogen) atoms. The van der Waals surface area contributed by atoms with Gasteiger partial charge < -0.3 is 11.1 Å². The lowest BCUT2D eigenvalue weighted by Gasteiger charge is -1.96. The molecule has 1 amide bonds. The lowest BCUT2D eigenvalue weighted by molar-refractivity contribution is -0.114. The van der Waals surface area contributed by atoms with Gasteiger partial charge in [0.05, 0.1) is 0 Å². The number of carbonyl (C=O) groups excluding carboxylic acids is 1. The lowest BCUT2D eigenvalue weighted by Crippen LogP contribution is -2.12. The van der Waals surface area contributed by atoms with E-state index in [-0.39, 0.29) is 5.91 Å². The Labute approximate surface area is 75.0 Å². The molecule has 0 atom stereocenters. The fraction of sp³-hybridized carbons (Fsp3) is 0.667. The number of hydrogen-bond donors (Lipinski definition) is 2. The van der Waals surface area contributed by atoms with Crippen molar-refractivity contribution in [2.24, 2.45) is 5.73 Å². The van der Waals surface area contributed by atoms with Crippen LogP contribution in [-0.4, -0.2) is 20.0 Å². The van der Waals surface area contributed by atoms with E-state index in [1.807, 2.05) is 14.1 Å². The summed E-state index contributed by atoms with van der Waals surface area (Å²) in [6, 6.07) is 0. The molecule has 0 rings (SSSR count). The predicted octanol–water partition coefficient (Wildman–Crippen LogP) is 1.05. The Morgan fingerprint density at radius 3 is 2.17 bits per heavy atom. The van der Waals surface area contributed by atoms with Gasteiger partial charge in [0.2, 0.25) is 5.91 Å². The number of unbranched alkanes of at least 4 members (excludes halogenated alkanes) is 1. The molecule has 0 heterocycles. The topological polar surface area (TPSA) is 55.1 Å². The first-order valence-electron chi connectivity index (χ1n) is 4.16. The molecule has 0 radical (unpaired) electrons. The average molecular weight is 172 g/mol. The predicted molar refractivity (Wildman–Crippen MR) is 52.8 cm³/mol. The molecule has 0 unspecified atom stereocenters. The van der Waals surface area contributed by atoms with Gasteiger partial charge in [0.15, 0.2) is 0 Å². The van der Waals surface area contributed by atoms with Crippen molar-refractivity contribution in [2.45, 2.75) is 26.2 Å². The average Bonchev–Trinajstić information content (AvgIpc) is 2.01. The molecule has 3 N–H and O–H groups in total. The largest absolute Gasteiger partial charge is 0.366 e. The molecule has 3 nitrogen and oxygen atoms in total. The van der Waals surface area contributed by atoms with Crippen LogP contribution in [0.4, 0.5) is 0 Å². The molecule has 0 aliphatic carbocycles. The number of carbonyl (C=O) groups is 1. The van der Waals surface area contributed by atoms with Gasteiger partial charge in [-0.25, -0.2) is 0 Å². The fourth-order valence-corrected chi connectivity index (χ4v) is 0.513. The van der Waals surface area contributed by atoms with Gasteiger partial charge in [-0.15, -0.1) is 0 Å². The fourth-order valence-electron chi connectivity index (χ4n) is 0.513. The number of rotatable bonds is 4. The summed E-state index contributed by atoms with van der Waals surface area (Å²) in [6.45, 7) is 5.58. The highest BCUT2D eigenvalue weighted by atomic mass is 16.1. The number of nitrogens with one attached hydrogen (secondary N) is 1. The summed E-state index contributed by atoms with van der Waals surface area (Å²) in [5, 5.41) is 2.75. The Kier molecular flexibility index (Phi) is 11.6. The van der Waals surface area contributed by atoms with Crippen LogP contribution in [0.3, 0.4) is 0 Å². The Morgan fingerprint density at radius 1 is 1.50 bits per heavy atom. The van der Waals surface area contributed by atoms with Crippen LogP contribution >= 0.6 is 0 Å². The molecular weight excluding hydrogens is 152 g/mol. The summed E-state index contributed by atoms with van der Waals surface area (Å²) in [6.07, 6.45) is 2.82. The third kappa shape index (κ3) is 11.9. The van der Waals surface area contributed by atoms with E-state index >= 15 is 0 Å². The minimum atomic E-state index is -0.372. The molecule has 0 aromatic rings. The summed E-state index contributed by atoms with van der Waals surface area (Å²) in [4.78, 5) is 10.3. The molecule has 0 saturated carbocycles. The van der Waals surface area contributed by atoms with Crippen molar-refractivity contribution in [2.75, 3.05) is 14.1 Å². The highest BCUT2D eigenvalue weighted by Crippen LogP contribution is 2.02. The van der Waals surface area contributed by atoms with Gasteiger partial charge in [-0.3, -0.25) is 4.79 Å². The second-order valence-corrected chi connectivity index (χ2v) is 2.57. The van der Waals surface area contributed by atoms with Gasteiger partial charge in [0.25, 0.3) is 0 Å². The highest BCUT2D eigenvalue weighted by Gasteiger charge is 1.98. The molecule has 0 fully saturated rings. The standard InChI is InChI=1S/C7H13NO.C2H7N/c1-3-4-5-6(2)7(8)9;1-3-2/h2-5H2,1H3,(H2,8,9);3H,1-2H3. The summed E-state index contributed by atoms with van der Waals surface area (Å²) < 4.78 is 0. The van der Waals surface area contributed by atoms with E-state index in [9.17, 15) is 4.79 Å². The van der Waals surface area contributed by atoms with Crippen LogP contribution < -0.4 is 11.1 Å². The first-order chi connectivity index (χ1) is 5.59. The van der Waals surface area contributed by atoms with Crippen molar-refractivity contribution < 1.29 is 4.79 Å². The molecule has 3 heteroatoms. The summed E-state index contributed by atoms with van der Waals surface area (Å²) in [7, 11) is 3.75. The zero-order valence-electron chi connectivity index (χ0n) is 8.31. The SMILES string of the molecule is C=C(CCCC)C(N)=O.CNC. The van der Waals surface area contributed by atoms with Crippen LogP contribution in [0.5, 0.6) is 0 Å². The Balaban J connectivity index is 0. The number of nitrogens with two attached hydrogens (primary N) is 1. The monoisotopic (exact) mass is 172 g/mol. The van der Waals surface area contributed by atoms with Crippen LogP contribution in [0.1, 0.15) is 26.2 Å². The maximum Gasteiger partial charge on any atom is 0.244 e. The molecule has 0 aromatic heterocycles. The summed E-state index contributed by atoms with van der Waals surface area (Å²) in [5.74, 6) is -0.372. The maximum atomic E-state index is 10.3. The van der Waals surface area contributed by atoms with Gasteiger partial charge in [0.1, 0.15) is 0 Å². The van der Waals surface area contributed by atoms with Crippen molar-refractivity contribution in [1.29, 1.82) is 0 Å². The Hall–Kier alpha value is -0.830. The molecule has 0 aliphatic rings. The lowest BCUT2D eigenvalue weighted by atomic mass is 10.1. The van der Waals surface area contributed by atoms with Crippen LogP contribution in [0.25, 0.3) is 0 Å². The van der Waals surface area contributed by atoms with E-state index in [0.717, 1.165) is 19.3 Å². The van der Waals surface area contributed by atoms with E-state index in [1.165, 1.54) is 0 Å². The maximum absolute atomic E-state index is 10.3. The zero-order valence-corrected chi connectivity index (χ0v) is 8.31. The van der Waals surface area contributed by atoms with Crippen LogP contribution in [-0.2, 0) is 4.79 Å². The number of hydrogen-bond acceptors (Lipinski definition) is 2. The molecule has 0 saturated heterocycles. The smallest absolute Gasteiger partial charge is 0.244 e. The van der Waals surface area contributed by atoms with Crippen molar-refractivity contribution in [1.82, 2.24) is 5.32 Å². The summed E-state index contributed by atoms with van der Waals surface area (Å²) in [5.41, 5.74) is 5.48. The second-order valence-electron chi connectivity index (χ2n) is 2.57. The zero-order chi connectivity index (χ0) is 9.98. The van der Waals surface area contributed by atoms with Crippen molar-refractivity contribution in [3.8, 4) is 0 Å². The van der Waals surface area contributed by atoms with Gasteiger partial charge in [-0.05, 0) is 26.9 Å². The van der Waals surface area contributed by atoms with E-state index in [2.05, 4.69) is 18.8 Å². The molecule has 0 bridgehead atoms. The summed E-state index contributed by atoms with van der Waals surface area (Å²) >= 11 is 0. The third-order valence-electron chi connectivity index (χ3n) is 1.18. The van der Waals surface area contributed by atoms with E-state index < -0.39 is 0 Å². The number of amides is 1.